The second kappa shape index (κ2) is 8.00. The van der Waals surface area contributed by atoms with Crippen LogP contribution >= 0.6 is 0 Å². The number of fused-ring (bicyclic) bond motifs is 1. The number of rotatable bonds is 4. The monoisotopic (exact) mass is 482 g/mol. The first kappa shape index (κ1) is 22.7. The van der Waals surface area contributed by atoms with Gasteiger partial charge in [-0.2, -0.15) is 13.2 Å². The number of halogens is 4. The highest BCUT2D eigenvalue weighted by Gasteiger charge is 2.45. The predicted molar refractivity (Wildman–Crippen MR) is 119 cm³/mol. The maximum Gasteiger partial charge on any atom is 0.419 e. The Balaban J connectivity index is 1.61. The SMILES string of the molecule is Cn1cnnc1-c1cc(F)ccc1-c1cccc(-c2nc3c(o2)C(C(F)(F)F)=CC(C)(C=O)C3)c1. The van der Waals surface area contributed by atoms with E-state index in [1.165, 1.54) is 25.4 Å². The van der Waals surface area contributed by atoms with Crippen LogP contribution in [0.3, 0.4) is 0 Å². The third kappa shape index (κ3) is 4.05. The zero-order valence-corrected chi connectivity index (χ0v) is 18.6. The number of benzene rings is 2. The van der Waals surface area contributed by atoms with Crippen molar-refractivity contribution in [2.45, 2.75) is 19.5 Å². The van der Waals surface area contributed by atoms with Crippen molar-refractivity contribution >= 4 is 11.9 Å². The molecule has 0 fully saturated rings. The van der Waals surface area contributed by atoms with Crippen LogP contribution in [0.2, 0.25) is 0 Å². The summed E-state index contributed by atoms with van der Waals surface area (Å²) in [4.78, 5) is 15.8. The van der Waals surface area contributed by atoms with E-state index in [-0.39, 0.29) is 18.0 Å². The minimum Gasteiger partial charge on any atom is -0.436 e. The van der Waals surface area contributed by atoms with Gasteiger partial charge in [-0.1, -0.05) is 24.3 Å². The summed E-state index contributed by atoms with van der Waals surface area (Å²) in [7, 11) is 1.73. The number of nitrogens with zero attached hydrogens (tertiary/aromatic N) is 4. The van der Waals surface area contributed by atoms with E-state index in [4.69, 9.17) is 4.42 Å². The number of allylic oxidation sites excluding steroid dienone is 2. The van der Waals surface area contributed by atoms with Crippen molar-refractivity contribution in [3.8, 4) is 34.0 Å². The number of carbonyl (C=O) groups is 1. The summed E-state index contributed by atoms with van der Waals surface area (Å²) in [6.07, 6.45) is -1.85. The van der Waals surface area contributed by atoms with Gasteiger partial charge < -0.3 is 13.8 Å². The van der Waals surface area contributed by atoms with Gasteiger partial charge in [0.2, 0.25) is 5.89 Å². The zero-order chi connectivity index (χ0) is 25.0. The molecule has 2 heterocycles. The first-order valence-corrected chi connectivity index (χ1v) is 10.6. The molecule has 5 rings (SSSR count). The number of oxazole rings is 1. The molecule has 1 aliphatic rings. The van der Waals surface area contributed by atoms with Crippen LogP contribution in [0.1, 0.15) is 18.4 Å². The van der Waals surface area contributed by atoms with Crippen LogP contribution in [-0.4, -0.2) is 32.2 Å². The molecule has 4 aromatic rings. The molecule has 0 aliphatic heterocycles. The van der Waals surface area contributed by atoms with E-state index in [1.54, 1.807) is 41.9 Å². The molecule has 0 saturated heterocycles. The van der Waals surface area contributed by atoms with Crippen LogP contribution in [0.5, 0.6) is 0 Å². The van der Waals surface area contributed by atoms with Crippen LogP contribution in [0.4, 0.5) is 17.6 Å². The maximum atomic E-state index is 14.1. The molecule has 2 aromatic heterocycles. The van der Waals surface area contributed by atoms with E-state index in [1.807, 2.05) is 0 Å². The summed E-state index contributed by atoms with van der Waals surface area (Å²) >= 11 is 0. The molecule has 10 heteroatoms. The number of aryl methyl sites for hydroxylation is 1. The highest BCUT2D eigenvalue weighted by Crippen LogP contribution is 2.45. The van der Waals surface area contributed by atoms with Crippen molar-refractivity contribution in [3.63, 3.8) is 0 Å². The van der Waals surface area contributed by atoms with Gasteiger partial charge in [0.25, 0.3) is 0 Å². The normalized spacial score (nSPS) is 17.7. The van der Waals surface area contributed by atoms with E-state index in [9.17, 15) is 22.4 Å². The van der Waals surface area contributed by atoms with Gasteiger partial charge in [-0.3, -0.25) is 0 Å². The van der Waals surface area contributed by atoms with Crippen LogP contribution < -0.4 is 0 Å². The van der Waals surface area contributed by atoms with Crippen molar-refractivity contribution < 1.29 is 26.8 Å². The van der Waals surface area contributed by atoms with Crippen LogP contribution in [0, 0.1) is 11.2 Å². The largest absolute Gasteiger partial charge is 0.436 e. The number of carbonyl (C=O) groups excluding carboxylic acids is 1. The molecule has 0 spiro atoms. The third-order valence-electron chi connectivity index (χ3n) is 5.89. The minimum atomic E-state index is -4.71. The summed E-state index contributed by atoms with van der Waals surface area (Å²) in [5.74, 6) is -0.402. The van der Waals surface area contributed by atoms with E-state index < -0.39 is 28.7 Å². The lowest BCUT2D eigenvalue weighted by Crippen LogP contribution is -2.27. The standard InChI is InChI=1S/C25H18F4N4O2/c1-24(12-34)10-19(25(27,28)29)21-20(11-24)31-23(35-21)15-5-3-4-14(8-15)17-7-6-16(26)9-18(17)22-32-30-13-33(22)2/h3-10,12-13H,11H2,1-2H3. The second-order valence-electron chi connectivity index (χ2n) is 8.69. The summed E-state index contributed by atoms with van der Waals surface area (Å²) < 4.78 is 62.5. The van der Waals surface area contributed by atoms with E-state index in [0.717, 1.165) is 6.08 Å². The number of hydrogen-bond donors (Lipinski definition) is 0. The average Bonchev–Trinajstić information content (AvgIpc) is 3.44. The molecule has 178 valence electrons. The smallest absolute Gasteiger partial charge is 0.419 e. The first-order valence-electron chi connectivity index (χ1n) is 10.6. The molecule has 1 aliphatic carbocycles. The molecular formula is C25H18F4N4O2. The molecule has 1 unspecified atom stereocenters. The number of aromatic nitrogens is 4. The molecule has 0 N–H and O–H groups in total. The van der Waals surface area contributed by atoms with E-state index >= 15 is 0 Å². The van der Waals surface area contributed by atoms with E-state index in [2.05, 4.69) is 15.2 Å². The van der Waals surface area contributed by atoms with Crippen molar-refractivity contribution in [3.05, 3.63) is 72.1 Å². The van der Waals surface area contributed by atoms with Crippen LogP contribution in [0.15, 0.2) is 59.3 Å². The average molecular weight is 482 g/mol. The van der Waals surface area contributed by atoms with Gasteiger partial charge in [0.1, 0.15) is 18.4 Å². The lowest BCUT2D eigenvalue weighted by Gasteiger charge is -2.25. The summed E-state index contributed by atoms with van der Waals surface area (Å²) in [5, 5.41) is 7.92. The molecule has 1 atom stereocenters. The van der Waals surface area contributed by atoms with Crippen molar-refractivity contribution in [2.75, 3.05) is 0 Å². The van der Waals surface area contributed by atoms with Crippen molar-refractivity contribution in [1.82, 2.24) is 19.7 Å². The molecular weight excluding hydrogens is 464 g/mol. The number of alkyl halides is 3. The molecule has 6 nitrogen and oxygen atoms in total. The fraction of sp³-hybridized carbons (Fsp3) is 0.200. The van der Waals surface area contributed by atoms with Crippen LogP contribution in [0.25, 0.3) is 39.5 Å². The summed E-state index contributed by atoms with van der Waals surface area (Å²) in [6, 6.07) is 11.1. The van der Waals surface area contributed by atoms with Crippen molar-refractivity contribution in [2.24, 2.45) is 12.5 Å². The second-order valence-corrected chi connectivity index (χ2v) is 8.69. The third-order valence-corrected chi connectivity index (χ3v) is 5.89. The lowest BCUT2D eigenvalue weighted by molar-refractivity contribution is -0.113. The topological polar surface area (TPSA) is 73.8 Å². The Labute approximate surface area is 196 Å². The van der Waals surface area contributed by atoms with Gasteiger partial charge in [0.15, 0.2) is 11.6 Å². The Morgan fingerprint density at radius 1 is 1.11 bits per heavy atom. The van der Waals surface area contributed by atoms with Gasteiger partial charge in [-0.15, -0.1) is 10.2 Å². The fourth-order valence-corrected chi connectivity index (χ4v) is 4.20. The highest BCUT2D eigenvalue weighted by atomic mass is 19.4. The van der Waals surface area contributed by atoms with Gasteiger partial charge in [0.05, 0.1) is 11.3 Å². The lowest BCUT2D eigenvalue weighted by atomic mass is 9.80. The molecule has 2 aromatic carbocycles. The van der Waals surface area contributed by atoms with Gasteiger partial charge in [-0.25, -0.2) is 9.37 Å². The quantitative estimate of drug-likeness (QED) is 0.278. The zero-order valence-electron chi connectivity index (χ0n) is 18.6. The molecule has 0 radical (unpaired) electrons. The Kier molecular flexibility index (Phi) is 5.19. The molecule has 0 saturated carbocycles. The molecule has 0 bridgehead atoms. The maximum absolute atomic E-state index is 14.1. The van der Waals surface area contributed by atoms with Gasteiger partial charge >= 0.3 is 6.18 Å². The Morgan fingerprint density at radius 2 is 1.89 bits per heavy atom. The van der Waals surface area contributed by atoms with Crippen LogP contribution in [-0.2, 0) is 18.3 Å². The summed E-state index contributed by atoms with van der Waals surface area (Å²) in [6.45, 7) is 1.42. The first-order chi connectivity index (χ1) is 16.6. The van der Waals surface area contributed by atoms with Gasteiger partial charge in [-0.05, 0) is 42.3 Å². The minimum absolute atomic E-state index is 0.00975. The summed E-state index contributed by atoms with van der Waals surface area (Å²) in [5.41, 5.74) is -0.0707. The fourth-order valence-electron chi connectivity index (χ4n) is 4.20. The number of hydrogen-bond acceptors (Lipinski definition) is 5. The molecule has 35 heavy (non-hydrogen) atoms. The molecule has 0 amide bonds. The number of aldehydes is 1. The van der Waals surface area contributed by atoms with Crippen molar-refractivity contribution in [1.29, 1.82) is 0 Å². The van der Waals surface area contributed by atoms with Gasteiger partial charge in [0, 0.05) is 30.0 Å². The van der Waals surface area contributed by atoms with E-state index in [0.29, 0.717) is 34.4 Å². The Morgan fingerprint density at radius 3 is 2.57 bits per heavy atom. The Bertz CT molecular complexity index is 1480. The Hall–Kier alpha value is -4.08. The highest BCUT2D eigenvalue weighted by molar-refractivity contribution is 5.83. The predicted octanol–water partition coefficient (Wildman–Crippen LogP) is 5.65.